The molecule has 0 bridgehead atoms. The first kappa shape index (κ1) is 18.4. The van der Waals surface area contributed by atoms with Crippen molar-refractivity contribution >= 4 is 16.7 Å². The summed E-state index contributed by atoms with van der Waals surface area (Å²) < 4.78 is 15.4. The minimum Gasteiger partial charge on any atom is -0.465 e. The summed E-state index contributed by atoms with van der Waals surface area (Å²) in [5, 5.41) is 11.3. The molecule has 0 aliphatic rings. The smallest absolute Gasteiger partial charge is 0.342 e. The second-order valence-electron chi connectivity index (χ2n) is 5.69. The third kappa shape index (κ3) is 3.89. The summed E-state index contributed by atoms with van der Waals surface area (Å²) in [6, 6.07) is 15.1. The Morgan fingerprint density at radius 2 is 2.04 bits per heavy atom. The zero-order valence-corrected chi connectivity index (χ0v) is 15.1. The molecule has 1 aromatic heterocycles. The lowest BCUT2D eigenvalue weighted by atomic mass is 9.99. The van der Waals surface area contributed by atoms with Crippen LogP contribution in [0.1, 0.15) is 22.8 Å². The average Bonchev–Trinajstić information content (AvgIpc) is 2.71. The number of carbonyl (C=O) groups is 1. The Morgan fingerprint density at radius 1 is 1.22 bits per heavy atom. The number of nitriles is 1. The Labute approximate surface area is 156 Å². The molecule has 0 atom stereocenters. The molecule has 6 nitrogen and oxygen atoms in total. The maximum atomic E-state index is 12.3. The molecule has 1 heterocycles. The van der Waals surface area contributed by atoms with Crippen LogP contribution in [0.4, 0.5) is 0 Å². The standard InChI is InChI=1S/C21H18N2O4/c1-3-26-21(24)18-10-19(23-12-20(18)27-13-25-2)15-8-14-6-4-5-7-17(14)16(9-15)11-22/h4-10,12H,3,13H2,1-2H3. The molecule has 0 saturated heterocycles. The van der Waals surface area contributed by atoms with E-state index in [1.807, 2.05) is 30.3 Å². The molecule has 0 spiro atoms. The fourth-order valence-electron chi connectivity index (χ4n) is 2.76. The van der Waals surface area contributed by atoms with E-state index in [2.05, 4.69) is 11.1 Å². The van der Waals surface area contributed by atoms with Crippen molar-refractivity contribution in [3.8, 4) is 23.1 Å². The number of ether oxygens (including phenoxy) is 3. The molecule has 0 unspecified atom stereocenters. The predicted molar refractivity (Wildman–Crippen MR) is 100 cm³/mol. The van der Waals surface area contributed by atoms with Crippen molar-refractivity contribution in [3.05, 3.63) is 59.8 Å². The van der Waals surface area contributed by atoms with Crippen LogP contribution in [0.3, 0.4) is 0 Å². The zero-order valence-electron chi connectivity index (χ0n) is 15.1. The molecule has 27 heavy (non-hydrogen) atoms. The van der Waals surface area contributed by atoms with Crippen molar-refractivity contribution in [3.63, 3.8) is 0 Å². The molecule has 0 saturated carbocycles. The van der Waals surface area contributed by atoms with Gasteiger partial charge in [-0.3, -0.25) is 4.98 Å². The van der Waals surface area contributed by atoms with Gasteiger partial charge in [-0.1, -0.05) is 24.3 Å². The first-order valence-corrected chi connectivity index (χ1v) is 8.40. The third-order valence-electron chi connectivity index (χ3n) is 3.97. The van der Waals surface area contributed by atoms with Gasteiger partial charge in [-0.05, 0) is 35.9 Å². The molecule has 3 aromatic rings. The first-order chi connectivity index (χ1) is 13.2. The van der Waals surface area contributed by atoms with Crippen molar-refractivity contribution in [1.29, 1.82) is 5.26 Å². The van der Waals surface area contributed by atoms with E-state index in [0.717, 1.165) is 16.3 Å². The van der Waals surface area contributed by atoms with Crippen molar-refractivity contribution in [2.75, 3.05) is 20.5 Å². The van der Waals surface area contributed by atoms with Crippen LogP contribution in [0, 0.1) is 11.3 Å². The van der Waals surface area contributed by atoms with Crippen LogP contribution in [-0.4, -0.2) is 31.5 Å². The molecule has 0 N–H and O–H groups in total. The van der Waals surface area contributed by atoms with E-state index in [9.17, 15) is 10.1 Å². The van der Waals surface area contributed by atoms with Crippen LogP contribution in [0.15, 0.2) is 48.7 Å². The zero-order chi connectivity index (χ0) is 19.2. The van der Waals surface area contributed by atoms with E-state index in [0.29, 0.717) is 11.3 Å². The second-order valence-corrected chi connectivity index (χ2v) is 5.69. The Hall–Kier alpha value is -3.43. The number of pyridine rings is 1. The van der Waals surface area contributed by atoms with E-state index < -0.39 is 5.97 Å². The average molecular weight is 362 g/mol. The van der Waals surface area contributed by atoms with E-state index in [1.165, 1.54) is 13.3 Å². The minimum atomic E-state index is -0.506. The minimum absolute atomic E-state index is 0.0119. The Bertz CT molecular complexity index is 1020. The van der Waals surface area contributed by atoms with Gasteiger partial charge in [0.1, 0.15) is 5.56 Å². The lowest BCUT2D eigenvalue weighted by Gasteiger charge is -2.12. The number of benzene rings is 2. The molecule has 2 aromatic carbocycles. The number of rotatable bonds is 6. The van der Waals surface area contributed by atoms with Crippen LogP contribution < -0.4 is 4.74 Å². The summed E-state index contributed by atoms with van der Waals surface area (Å²) >= 11 is 0. The molecular weight excluding hydrogens is 344 g/mol. The van der Waals surface area contributed by atoms with E-state index in [1.54, 1.807) is 19.1 Å². The molecule has 0 aliphatic heterocycles. The summed E-state index contributed by atoms with van der Waals surface area (Å²) in [6.07, 6.45) is 1.46. The number of fused-ring (bicyclic) bond motifs is 1. The number of aromatic nitrogens is 1. The summed E-state index contributed by atoms with van der Waals surface area (Å²) in [5.74, 6) is -0.228. The van der Waals surface area contributed by atoms with Gasteiger partial charge in [-0.25, -0.2) is 4.79 Å². The Balaban J connectivity index is 2.11. The quantitative estimate of drug-likeness (QED) is 0.488. The van der Waals surface area contributed by atoms with Crippen molar-refractivity contribution in [1.82, 2.24) is 4.98 Å². The Morgan fingerprint density at radius 3 is 2.78 bits per heavy atom. The molecule has 0 fully saturated rings. The van der Waals surface area contributed by atoms with Crippen LogP contribution in [0.25, 0.3) is 22.0 Å². The number of methoxy groups -OCH3 is 1. The lowest BCUT2D eigenvalue weighted by Crippen LogP contribution is -2.10. The highest BCUT2D eigenvalue weighted by Gasteiger charge is 2.17. The number of nitrogens with zero attached hydrogens (tertiary/aromatic N) is 2. The SMILES string of the molecule is CCOC(=O)c1cc(-c2cc(C#N)c3ccccc3c2)ncc1OCOC. The predicted octanol–water partition coefficient (Wildman–Crippen LogP) is 3.93. The third-order valence-corrected chi connectivity index (χ3v) is 3.97. The van der Waals surface area contributed by atoms with Crippen molar-refractivity contribution in [2.45, 2.75) is 6.92 Å². The lowest BCUT2D eigenvalue weighted by molar-refractivity contribution is 0.0436. The molecule has 0 aliphatic carbocycles. The molecular formula is C21H18N2O4. The van der Waals surface area contributed by atoms with Gasteiger partial charge in [-0.15, -0.1) is 0 Å². The van der Waals surface area contributed by atoms with E-state index in [4.69, 9.17) is 14.2 Å². The van der Waals surface area contributed by atoms with Crippen molar-refractivity contribution in [2.24, 2.45) is 0 Å². The van der Waals surface area contributed by atoms with Gasteiger partial charge in [0.15, 0.2) is 12.5 Å². The van der Waals surface area contributed by atoms with Gasteiger partial charge in [-0.2, -0.15) is 5.26 Å². The van der Waals surface area contributed by atoms with Gasteiger partial charge >= 0.3 is 5.97 Å². The van der Waals surface area contributed by atoms with Gasteiger partial charge < -0.3 is 14.2 Å². The molecule has 6 heteroatoms. The fraction of sp³-hybridized carbons (Fsp3) is 0.190. The highest BCUT2D eigenvalue weighted by molar-refractivity contribution is 5.95. The monoisotopic (exact) mass is 362 g/mol. The largest absolute Gasteiger partial charge is 0.465 e. The van der Waals surface area contributed by atoms with Crippen LogP contribution in [0.2, 0.25) is 0 Å². The maximum Gasteiger partial charge on any atom is 0.342 e. The van der Waals surface area contributed by atoms with Crippen molar-refractivity contribution < 1.29 is 19.0 Å². The summed E-state index contributed by atoms with van der Waals surface area (Å²) in [6.45, 7) is 1.97. The number of hydrogen-bond donors (Lipinski definition) is 0. The van der Waals surface area contributed by atoms with Gasteiger partial charge in [0.2, 0.25) is 0 Å². The number of hydrogen-bond acceptors (Lipinski definition) is 6. The maximum absolute atomic E-state index is 12.3. The highest BCUT2D eigenvalue weighted by Crippen LogP contribution is 2.29. The highest BCUT2D eigenvalue weighted by atomic mass is 16.7. The normalized spacial score (nSPS) is 10.4. The van der Waals surface area contributed by atoms with Crippen LogP contribution in [-0.2, 0) is 9.47 Å². The van der Waals surface area contributed by atoms with E-state index >= 15 is 0 Å². The Kier molecular flexibility index (Phi) is 5.64. The van der Waals surface area contributed by atoms with Gasteiger partial charge in [0, 0.05) is 12.7 Å². The number of carbonyl (C=O) groups excluding carboxylic acids is 1. The fourth-order valence-corrected chi connectivity index (χ4v) is 2.76. The van der Waals surface area contributed by atoms with Crippen LogP contribution >= 0.6 is 0 Å². The van der Waals surface area contributed by atoms with Gasteiger partial charge in [0.25, 0.3) is 0 Å². The summed E-state index contributed by atoms with van der Waals surface area (Å²) in [4.78, 5) is 16.7. The van der Waals surface area contributed by atoms with Crippen LogP contribution in [0.5, 0.6) is 5.75 Å². The van der Waals surface area contributed by atoms with E-state index in [-0.39, 0.29) is 24.7 Å². The molecule has 3 rings (SSSR count). The molecule has 136 valence electrons. The topological polar surface area (TPSA) is 81.4 Å². The molecule has 0 radical (unpaired) electrons. The summed E-state index contributed by atoms with van der Waals surface area (Å²) in [5.41, 5.74) is 2.08. The number of esters is 1. The summed E-state index contributed by atoms with van der Waals surface area (Å²) in [7, 11) is 1.49. The second kappa shape index (κ2) is 8.30. The molecule has 0 amide bonds. The first-order valence-electron chi connectivity index (χ1n) is 8.40. The van der Waals surface area contributed by atoms with Gasteiger partial charge in [0.05, 0.1) is 30.1 Å².